The van der Waals surface area contributed by atoms with Gasteiger partial charge >= 0.3 is 5.82 Å². The van der Waals surface area contributed by atoms with Gasteiger partial charge in [0.15, 0.2) is 0 Å². The van der Waals surface area contributed by atoms with Crippen molar-refractivity contribution in [2.45, 2.75) is 18.9 Å². The summed E-state index contributed by atoms with van der Waals surface area (Å²) in [6.07, 6.45) is 3.48. The summed E-state index contributed by atoms with van der Waals surface area (Å²) >= 11 is 0. The third kappa shape index (κ3) is 1.60. The molecule has 1 fully saturated rings. The predicted octanol–water partition coefficient (Wildman–Crippen LogP) is 0.716. The van der Waals surface area contributed by atoms with E-state index in [0.717, 1.165) is 25.9 Å². The summed E-state index contributed by atoms with van der Waals surface area (Å²) in [6, 6.07) is 1.56. The Morgan fingerprint density at radius 3 is 3.21 bits per heavy atom. The zero-order valence-corrected chi connectivity index (χ0v) is 7.72. The molecule has 1 atom stereocenters. The summed E-state index contributed by atoms with van der Waals surface area (Å²) in [4.78, 5) is 10.3. The van der Waals surface area contributed by atoms with Gasteiger partial charge in [-0.3, -0.25) is 0 Å². The molecule has 2 rings (SSSR count). The van der Waals surface area contributed by atoms with E-state index < -0.39 is 0 Å². The van der Waals surface area contributed by atoms with E-state index in [2.05, 4.69) is 10.4 Å². The van der Waals surface area contributed by atoms with Gasteiger partial charge in [-0.2, -0.15) is 0 Å². The number of nitro groups is 1. The van der Waals surface area contributed by atoms with Gasteiger partial charge in [0, 0.05) is 6.54 Å². The Balaban J connectivity index is 2.21. The zero-order chi connectivity index (χ0) is 9.97. The molecule has 1 unspecified atom stereocenters. The maximum atomic E-state index is 10.6. The molecule has 0 radical (unpaired) electrons. The molecular formula is C8H12N4O2. The molecule has 14 heavy (non-hydrogen) atoms. The van der Waals surface area contributed by atoms with Crippen molar-refractivity contribution in [1.82, 2.24) is 15.1 Å². The summed E-state index contributed by atoms with van der Waals surface area (Å²) in [6.45, 7) is 1.76. The highest BCUT2D eigenvalue weighted by Crippen LogP contribution is 2.21. The molecule has 76 valence electrons. The maximum Gasteiger partial charge on any atom is 0.345 e. The van der Waals surface area contributed by atoms with E-state index in [-0.39, 0.29) is 16.8 Å². The fourth-order valence-corrected chi connectivity index (χ4v) is 1.78. The number of aromatic nitrogens is 2. The molecule has 1 aliphatic heterocycles. The quantitative estimate of drug-likeness (QED) is 0.558. The van der Waals surface area contributed by atoms with Gasteiger partial charge in [0.25, 0.3) is 0 Å². The molecule has 0 aliphatic carbocycles. The second-order valence-corrected chi connectivity index (χ2v) is 3.39. The van der Waals surface area contributed by atoms with Crippen LogP contribution in [-0.2, 0) is 0 Å². The van der Waals surface area contributed by atoms with E-state index in [9.17, 15) is 10.1 Å². The molecule has 6 nitrogen and oxygen atoms in total. The minimum atomic E-state index is -0.387. The fraction of sp³-hybridized carbons (Fsp3) is 0.625. The molecule has 1 saturated heterocycles. The van der Waals surface area contributed by atoms with Crippen molar-refractivity contribution in [2.24, 2.45) is 0 Å². The van der Waals surface area contributed by atoms with Crippen LogP contribution in [0.1, 0.15) is 18.9 Å². The Kier molecular flexibility index (Phi) is 2.45. The molecule has 0 spiro atoms. The molecule has 0 amide bonds. The van der Waals surface area contributed by atoms with Crippen molar-refractivity contribution in [3.05, 3.63) is 22.4 Å². The maximum absolute atomic E-state index is 10.6. The van der Waals surface area contributed by atoms with Crippen molar-refractivity contribution in [2.75, 3.05) is 13.1 Å². The second kappa shape index (κ2) is 3.75. The van der Waals surface area contributed by atoms with Gasteiger partial charge in [0.1, 0.15) is 6.04 Å². The van der Waals surface area contributed by atoms with Gasteiger partial charge in [-0.25, -0.2) is 0 Å². The summed E-state index contributed by atoms with van der Waals surface area (Å²) in [5, 5.41) is 17.9. The Bertz CT molecular complexity index is 330. The third-order valence-electron chi connectivity index (χ3n) is 2.45. The number of hydrogen-bond donors (Lipinski definition) is 1. The molecule has 1 aromatic heterocycles. The minimum Gasteiger partial charge on any atom is -0.358 e. The van der Waals surface area contributed by atoms with E-state index in [4.69, 9.17) is 0 Å². The number of nitrogens with zero attached hydrogens (tertiary/aromatic N) is 3. The Morgan fingerprint density at radius 1 is 1.71 bits per heavy atom. The lowest BCUT2D eigenvalue weighted by Crippen LogP contribution is -2.32. The molecule has 1 aromatic rings. The monoisotopic (exact) mass is 196 g/mol. The molecule has 0 saturated carbocycles. The van der Waals surface area contributed by atoms with Crippen LogP contribution in [0.5, 0.6) is 0 Å². The van der Waals surface area contributed by atoms with Crippen LogP contribution in [0.4, 0.5) is 5.82 Å². The first-order valence-corrected chi connectivity index (χ1v) is 4.67. The fourth-order valence-electron chi connectivity index (χ4n) is 1.78. The minimum absolute atomic E-state index is 0.0821. The Morgan fingerprint density at radius 2 is 2.57 bits per heavy atom. The predicted molar refractivity (Wildman–Crippen MR) is 50.0 cm³/mol. The second-order valence-electron chi connectivity index (χ2n) is 3.39. The molecular weight excluding hydrogens is 184 g/mol. The molecule has 0 bridgehead atoms. The Hall–Kier alpha value is -1.43. The normalized spacial score (nSPS) is 22.1. The first-order valence-electron chi connectivity index (χ1n) is 4.67. The molecule has 6 heteroatoms. The van der Waals surface area contributed by atoms with Gasteiger partial charge in [-0.05, 0) is 24.3 Å². The lowest BCUT2D eigenvalue weighted by molar-refractivity contribution is -0.393. The van der Waals surface area contributed by atoms with Crippen molar-refractivity contribution in [3.8, 4) is 0 Å². The first-order chi connectivity index (χ1) is 6.79. The van der Waals surface area contributed by atoms with Crippen molar-refractivity contribution in [1.29, 1.82) is 0 Å². The van der Waals surface area contributed by atoms with E-state index in [1.807, 2.05) is 0 Å². The van der Waals surface area contributed by atoms with Crippen LogP contribution < -0.4 is 5.32 Å². The Labute approximate surface area is 81.1 Å². The van der Waals surface area contributed by atoms with Crippen LogP contribution in [0.15, 0.2) is 12.3 Å². The number of hydrogen-bond acceptors (Lipinski definition) is 4. The molecule has 1 N–H and O–H groups in total. The van der Waals surface area contributed by atoms with Crippen LogP contribution >= 0.6 is 0 Å². The molecule has 0 aromatic carbocycles. The van der Waals surface area contributed by atoms with E-state index in [1.165, 1.54) is 16.9 Å². The molecule has 1 aliphatic rings. The number of nitrogens with one attached hydrogen (secondary N) is 1. The average molecular weight is 196 g/mol. The number of piperidine rings is 1. The van der Waals surface area contributed by atoms with E-state index >= 15 is 0 Å². The van der Waals surface area contributed by atoms with Gasteiger partial charge in [0.05, 0.1) is 12.3 Å². The van der Waals surface area contributed by atoms with E-state index in [0.29, 0.717) is 0 Å². The highest BCUT2D eigenvalue weighted by molar-refractivity contribution is 5.17. The third-order valence-corrected chi connectivity index (χ3v) is 2.45. The van der Waals surface area contributed by atoms with Gasteiger partial charge in [0.2, 0.25) is 0 Å². The van der Waals surface area contributed by atoms with Gasteiger partial charge in [-0.15, -0.1) is 4.68 Å². The van der Waals surface area contributed by atoms with E-state index in [1.54, 1.807) is 0 Å². The van der Waals surface area contributed by atoms with Crippen molar-refractivity contribution in [3.63, 3.8) is 0 Å². The summed E-state index contributed by atoms with van der Waals surface area (Å²) in [5.74, 6) is 0.0821. The van der Waals surface area contributed by atoms with Crippen LogP contribution in [0.2, 0.25) is 0 Å². The van der Waals surface area contributed by atoms with Gasteiger partial charge < -0.3 is 15.4 Å². The molecule has 2 heterocycles. The smallest absolute Gasteiger partial charge is 0.345 e. The SMILES string of the molecule is O=[N+]([O-])c1ccnn1C1CCCNC1. The van der Waals surface area contributed by atoms with Crippen molar-refractivity contribution < 1.29 is 4.92 Å². The average Bonchev–Trinajstić information content (AvgIpc) is 2.67. The van der Waals surface area contributed by atoms with Crippen LogP contribution in [0.25, 0.3) is 0 Å². The topological polar surface area (TPSA) is 73.0 Å². The lowest BCUT2D eigenvalue weighted by atomic mass is 10.1. The van der Waals surface area contributed by atoms with Crippen LogP contribution in [0, 0.1) is 10.1 Å². The highest BCUT2D eigenvalue weighted by Gasteiger charge is 2.25. The van der Waals surface area contributed by atoms with Crippen molar-refractivity contribution >= 4 is 5.82 Å². The largest absolute Gasteiger partial charge is 0.358 e. The number of rotatable bonds is 2. The standard InChI is InChI=1S/C8H12N4O2/c13-12(14)8-3-5-10-11(8)7-2-1-4-9-6-7/h3,5,7,9H,1-2,4,6H2. The first kappa shape index (κ1) is 9.14. The summed E-state index contributed by atoms with van der Waals surface area (Å²) in [7, 11) is 0. The highest BCUT2D eigenvalue weighted by atomic mass is 16.6. The van der Waals surface area contributed by atoms with Crippen LogP contribution in [-0.4, -0.2) is 27.8 Å². The summed E-state index contributed by atoms with van der Waals surface area (Å²) < 4.78 is 1.51. The summed E-state index contributed by atoms with van der Waals surface area (Å²) in [5.41, 5.74) is 0. The lowest BCUT2D eigenvalue weighted by Gasteiger charge is -2.19. The zero-order valence-electron chi connectivity index (χ0n) is 7.72. The van der Waals surface area contributed by atoms with Crippen LogP contribution in [0.3, 0.4) is 0 Å². The van der Waals surface area contributed by atoms with Gasteiger partial charge in [-0.1, -0.05) is 5.10 Å².